The zero-order chi connectivity index (χ0) is 14.9. The molecule has 0 spiro atoms. The summed E-state index contributed by atoms with van der Waals surface area (Å²) >= 11 is 0. The fourth-order valence-electron chi connectivity index (χ4n) is 1.75. The van der Waals surface area contributed by atoms with Crippen LogP contribution >= 0.6 is 0 Å². The predicted molar refractivity (Wildman–Crippen MR) is 76.2 cm³/mol. The molecule has 108 valence electrons. The topological polar surface area (TPSA) is 69.6 Å². The minimum Gasteiger partial charge on any atom is -0.396 e. The zero-order valence-electron chi connectivity index (χ0n) is 12.3. The van der Waals surface area contributed by atoms with Gasteiger partial charge >= 0.3 is 0 Å². The van der Waals surface area contributed by atoms with E-state index in [1.165, 1.54) is 6.07 Å². The monoisotopic (exact) mass is 277 g/mol. The maximum absolute atomic E-state index is 13.2. The fraction of sp³-hybridized carbons (Fsp3) is 0.500. The highest BCUT2D eigenvalue weighted by atomic mass is 19.1. The molecule has 0 fully saturated rings. The van der Waals surface area contributed by atoms with Gasteiger partial charge in [0.1, 0.15) is 5.82 Å². The first kappa shape index (κ1) is 14.4. The smallest absolute Gasteiger partial charge is 0.182 e. The molecule has 0 saturated heterocycles. The number of nitrogen functional groups attached to an aromatic ring is 1. The molecule has 1 heterocycles. The highest BCUT2D eigenvalue weighted by molar-refractivity contribution is 5.61. The van der Waals surface area contributed by atoms with Gasteiger partial charge in [-0.05, 0) is 40.0 Å². The minimum absolute atomic E-state index is 0.0981. The van der Waals surface area contributed by atoms with E-state index in [1.54, 1.807) is 16.8 Å². The van der Waals surface area contributed by atoms with Crippen LogP contribution in [0, 0.1) is 17.2 Å². The maximum Gasteiger partial charge on any atom is 0.182 e. The Morgan fingerprint density at radius 3 is 2.65 bits per heavy atom. The van der Waals surface area contributed by atoms with Crippen LogP contribution in [-0.2, 0) is 6.54 Å². The molecule has 0 aliphatic heterocycles. The van der Waals surface area contributed by atoms with Crippen molar-refractivity contribution >= 4 is 5.69 Å². The van der Waals surface area contributed by atoms with E-state index in [2.05, 4.69) is 43.2 Å². The Labute approximate surface area is 118 Å². The van der Waals surface area contributed by atoms with Crippen LogP contribution in [0.3, 0.4) is 0 Å². The Bertz CT molecular complexity index is 600. The largest absolute Gasteiger partial charge is 0.396 e. The van der Waals surface area contributed by atoms with Crippen LogP contribution < -0.4 is 5.73 Å². The van der Waals surface area contributed by atoms with Crippen molar-refractivity contribution in [3.8, 4) is 11.4 Å². The van der Waals surface area contributed by atoms with Crippen molar-refractivity contribution in [2.45, 2.75) is 34.2 Å². The summed E-state index contributed by atoms with van der Waals surface area (Å²) in [6, 6.07) is 4.52. The van der Waals surface area contributed by atoms with Crippen LogP contribution in [0.25, 0.3) is 11.4 Å². The summed E-state index contributed by atoms with van der Waals surface area (Å²) in [5, 5.41) is 11.7. The summed E-state index contributed by atoms with van der Waals surface area (Å²) in [6.07, 6.45) is 0. The SMILES string of the molecule is CC(Cn1nnnc1-c1ccc(F)c(N)c1)C(C)(C)C. The van der Waals surface area contributed by atoms with Crippen LogP contribution in [0.1, 0.15) is 27.7 Å². The van der Waals surface area contributed by atoms with Crippen LogP contribution in [0.4, 0.5) is 10.1 Å². The molecule has 1 aromatic carbocycles. The molecule has 1 atom stereocenters. The van der Waals surface area contributed by atoms with Crippen molar-refractivity contribution in [1.29, 1.82) is 0 Å². The van der Waals surface area contributed by atoms with E-state index in [0.29, 0.717) is 18.3 Å². The van der Waals surface area contributed by atoms with Gasteiger partial charge in [0.15, 0.2) is 5.82 Å². The number of aromatic nitrogens is 4. The van der Waals surface area contributed by atoms with Crippen LogP contribution in [0.2, 0.25) is 0 Å². The molecule has 6 heteroatoms. The molecule has 2 rings (SSSR count). The normalized spacial score (nSPS) is 13.4. The van der Waals surface area contributed by atoms with Gasteiger partial charge < -0.3 is 5.73 Å². The molecular weight excluding hydrogens is 257 g/mol. The Morgan fingerprint density at radius 1 is 1.35 bits per heavy atom. The first-order chi connectivity index (χ1) is 9.29. The van der Waals surface area contributed by atoms with Gasteiger partial charge in [-0.25, -0.2) is 9.07 Å². The first-order valence-corrected chi connectivity index (χ1v) is 6.60. The Balaban J connectivity index is 2.31. The second kappa shape index (κ2) is 5.19. The van der Waals surface area contributed by atoms with Crippen LogP contribution in [0.5, 0.6) is 0 Å². The van der Waals surface area contributed by atoms with Gasteiger partial charge in [0.2, 0.25) is 0 Å². The number of benzene rings is 1. The summed E-state index contributed by atoms with van der Waals surface area (Å²) in [7, 11) is 0. The van der Waals surface area contributed by atoms with E-state index in [-0.39, 0.29) is 11.1 Å². The van der Waals surface area contributed by atoms with Crippen molar-refractivity contribution in [2.24, 2.45) is 11.3 Å². The summed E-state index contributed by atoms with van der Waals surface area (Å²) in [5.74, 6) is 0.561. The molecule has 1 unspecified atom stereocenters. The molecule has 0 aliphatic carbocycles. The minimum atomic E-state index is -0.434. The highest BCUT2D eigenvalue weighted by Crippen LogP contribution is 2.28. The summed E-state index contributed by atoms with van der Waals surface area (Å²) < 4.78 is 15.0. The van der Waals surface area contributed by atoms with Crippen molar-refractivity contribution in [3.63, 3.8) is 0 Å². The third-order valence-electron chi connectivity index (χ3n) is 3.71. The molecule has 20 heavy (non-hydrogen) atoms. The average molecular weight is 277 g/mol. The average Bonchev–Trinajstić information content (AvgIpc) is 2.79. The van der Waals surface area contributed by atoms with E-state index >= 15 is 0 Å². The van der Waals surface area contributed by atoms with Crippen LogP contribution in [-0.4, -0.2) is 20.2 Å². The van der Waals surface area contributed by atoms with Gasteiger partial charge in [-0.2, -0.15) is 0 Å². The molecule has 1 aromatic heterocycles. The molecule has 0 amide bonds. The van der Waals surface area contributed by atoms with Crippen molar-refractivity contribution in [2.75, 3.05) is 5.73 Å². The van der Waals surface area contributed by atoms with Gasteiger partial charge in [0, 0.05) is 12.1 Å². The van der Waals surface area contributed by atoms with Crippen LogP contribution in [0.15, 0.2) is 18.2 Å². The molecule has 0 aliphatic rings. The maximum atomic E-state index is 13.2. The molecular formula is C14H20FN5. The number of tetrazole rings is 1. The van der Waals surface area contributed by atoms with Gasteiger partial charge in [-0.3, -0.25) is 0 Å². The van der Waals surface area contributed by atoms with Crippen molar-refractivity contribution in [3.05, 3.63) is 24.0 Å². The first-order valence-electron chi connectivity index (χ1n) is 6.60. The van der Waals surface area contributed by atoms with Gasteiger partial charge in [0.05, 0.1) is 5.69 Å². The molecule has 0 bridgehead atoms. The standard InChI is InChI=1S/C14H20FN5/c1-9(14(2,3)4)8-20-13(17-18-19-20)10-5-6-11(15)12(16)7-10/h5-7,9H,8,16H2,1-4H3. The second-order valence-electron chi connectivity index (χ2n) is 6.19. The Morgan fingerprint density at radius 2 is 2.05 bits per heavy atom. The number of halogens is 1. The number of nitrogens with two attached hydrogens (primary N) is 1. The summed E-state index contributed by atoms with van der Waals surface area (Å²) in [4.78, 5) is 0. The quantitative estimate of drug-likeness (QED) is 0.876. The third kappa shape index (κ3) is 2.95. The Hall–Kier alpha value is -1.98. The van der Waals surface area contributed by atoms with Gasteiger partial charge in [-0.15, -0.1) is 5.10 Å². The van der Waals surface area contributed by atoms with Crippen molar-refractivity contribution < 1.29 is 4.39 Å². The number of rotatable bonds is 3. The summed E-state index contributed by atoms with van der Waals surface area (Å²) in [5.41, 5.74) is 6.57. The molecule has 2 aromatic rings. The van der Waals surface area contributed by atoms with E-state index in [9.17, 15) is 4.39 Å². The lowest BCUT2D eigenvalue weighted by Gasteiger charge is -2.27. The molecule has 0 radical (unpaired) electrons. The highest BCUT2D eigenvalue weighted by Gasteiger charge is 2.22. The predicted octanol–water partition coefficient (Wildman–Crippen LogP) is 2.74. The fourth-order valence-corrected chi connectivity index (χ4v) is 1.75. The zero-order valence-corrected chi connectivity index (χ0v) is 12.3. The number of hydrogen-bond donors (Lipinski definition) is 1. The lowest BCUT2D eigenvalue weighted by atomic mass is 9.82. The molecule has 2 N–H and O–H groups in total. The van der Waals surface area contributed by atoms with E-state index < -0.39 is 5.82 Å². The number of hydrogen-bond acceptors (Lipinski definition) is 4. The number of anilines is 1. The van der Waals surface area contributed by atoms with Gasteiger partial charge in [-0.1, -0.05) is 27.7 Å². The van der Waals surface area contributed by atoms with E-state index in [4.69, 9.17) is 5.73 Å². The van der Waals surface area contributed by atoms with E-state index in [0.717, 1.165) is 5.56 Å². The Kier molecular flexibility index (Phi) is 3.74. The molecule has 5 nitrogen and oxygen atoms in total. The lowest BCUT2D eigenvalue weighted by Crippen LogP contribution is -2.23. The van der Waals surface area contributed by atoms with Gasteiger partial charge in [0.25, 0.3) is 0 Å². The van der Waals surface area contributed by atoms with E-state index in [1.807, 2.05) is 0 Å². The lowest BCUT2D eigenvalue weighted by molar-refractivity contribution is 0.225. The molecule has 0 saturated carbocycles. The second-order valence-corrected chi connectivity index (χ2v) is 6.19. The summed E-state index contributed by atoms with van der Waals surface area (Å²) in [6.45, 7) is 9.39. The van der Waals surface area contributed by atoms with Crippen molar-refractivity contribution in [1.82, 2.24) is 20.2 Å². The number of nitrogens with zero attached hydrogens (tertiary/aromatic N) is 4. The third-order valence-corrected chi connectivity index (χ3v) is 3.71.